The maximum absolute atomic E-state index is 10.8. The molecule has 0 spiro atoms. The molecule has 0 unspecified atom stereocenters. The molecular weight excluding hydrogens is 309 g/mol. The first-order valence-electron chi connectivity index (χ1n) is 2.34. The Morgan fingerprint density at radius 2 is 1.42 bits per heavy atom. The smallest absolute Gasteiger partial charge is 1.00 e. The van der Waals surface area contributed by atoms with E-state index in [4.69, 9.17) is 0 Å². The molecule has 0 aliphatic heterocycles. The van der Waals surface area contributed by atoms with Crippen LogP contribution in [0.3, 0.4) is 0 Å². The number of hydrogen-bond donors (Lipinski definition) is 1. The summed E-state index contributed by atoms with van der Waals surface area (Å²) in [6, 6.07) is 0. The second-order valence-electron chi connectivity index (χ2n) is 1.58. The third-order valence-electron chi connectivity index (χ3n) is 0.906. The van der Waals surface area contributed by atoms with Gasteiger partial charge in [0.1, 0.15) is 0 Å². The normalized spacial score (nSPS) is 9.17. The van der Waals surface area contributed by atoms with Crippen molar-refractivity contribution in [2.24, 2.45) is 0 Å². The number of nitrogens with zero attached hydrogens (tertiary/aromatic N) is 2. The van der Waals surface area contributed by atoms with Gasteiger partial charge in [-0.25, -0.2) is 14.4 Å². The van der Waals surface area contributed by atoms with Gasteiger partial charge in [0.05, 0.1) is 32.3 Å². The van der Waals surface area contributed by atoms with Crippen LogP contribution < -0.4 is 46.6 Å². The van der Waals surface area contributed by atoms with E-state index in [1.165, 1.54) is 0 Å². The van der Waals surface area contributed by atoms with Crippen molar-refractivity contribution < 1.29 is 31.0 Å². The van der Waals surface area contributed by atoms with Crippen molar-refractivity contribution in [1.82, 2.24) is 12.2 Å². The Kier molecular flexibility index (Phi) is 4.70. The molecule has 62 valence electrons. The molecule has 1 N–H and O–H groups in total. The summed E-state index contributed by atoms with van der Waals surface area (Å²) in [5.41, 5.74) is -2.41. The number of aromatic amines is 1. The Bertz CT molecular complexity index is 413. The summed E-state index contributed by atoms with van der Waals surface area (Å²) in [6.45, 7) is 0. The molecule has 1 aromatic heterocycles. The molecule has 1 aromatic rings. The first-order valence-corrected chi connectivity index (χ1v) is 3.76. The molecule has 0 amide bonds. The zero-order valence-electron chi connectivity index (χ0n) is 6.88. The molecule has 0 fully saturated rings. The SMILES string of the molecule is O=c1[nH]c(=O)n(Br)c(=O)n1Br.[H-].[Na+]. The van der Waals surface area contributed by atoms with Crippen LogP contribution in [0.4, 0.5) is 0 Å². The van der Waals surface area contributed by atoms with Gasteiger partial charge in [0.25, 0.3) is 0 Å². The van der Waals surface area contributed by atoms with Gasteiger partial charge in [-0.15, -0.1) is 0 Å². The van der Waals surface area contributed by atoms with Crippen LogP contribution in [-0.4, -0.2) is 12.2 Å². The zero-order chi connectivity index (χ0) is 8.59. The van der Waals surface area contributed by atoms with Crippen LogP contribution in [0.2, 0.25) is 0 Å². The standard InChI is InChI=1S/C3HBr2N3O3.Na.H/c4-7-1(9)6-2(10)8(5)3(7)11;;/h(H,6,9,10);;/q;+1;-1. The molecular formula is C3H2Br2N3NaO3. The minimum Gasteiger partial charge on any atom is -1.00 e. The van der Waals surface area contributed by atoms with E-state index in [1.807, 2.05) is 4.98 Å². The van der Waals surface area contributed by atoms with E-state index in [0.717, 1.165) is 0 Å². The van der Waals surface area contributed by atoms with E-state index < -0.39 is 17.1 Å². The van der Waals surface area contributed by atoms with Crippen molar-refractivity contribution >= 4 is 32.3 Å². The first-order chi connectivity index (χ1) is 5.04. The van der Waals surface area contributed by atoms with E-state index in [2.05, 4.69) is 32.3 Å². The molecule has 12 heavy (non-hydrogen) atoms. The molecule has 0 saturated carbocycles. The quantitative estimate of drug-likeness (QED) is 0.498. The van der Waals surface area contributed by atoms with Crippen molar-refractivity contribution in [3.05, 3.63) is 31.5 Å². The summed E-state index contributed by atoms with van der Waals surface area (Å²) in [5, 5.41) is 0. The Balaban J connectivity index is 0. The van der Waals surface area contributed by atoms with E-state index in [1.54, 1.807) is 0 Å². The number of rotatable bonds is 0. The predicted octanol–water partition coefficient (Wildman–Crippen LogP) is -3.87. The molecule has 1 rings (SSSR count). The summed E-state index contributed by atoms with van der Waals surface area (Å²) in [7, 11) is 0. The van der Waals surface area contributed by atoms with Gasteiger partial charge in [0.2, 0.25) is 0 Å². The van der Waals surface area contributed by atoms with E-state index in [-0.39, 0.29) is 31.0 Å². The maximum Gasteiger partial charge on any atom is 1.00 e. The largest absolute Gasteiger partial charge is 1.00 e. The minimum absolute atomic E-state index is 0. The third-order valence-corrected chi connectivity index (χ3v) is 2.16. The van der Waals surface area contributed by atoms with Crippen molar-refractivity contribution in [3.63, 3.8) is 0 Å². The molecule has 1 heterocycles. The van der Waals surface area contributed by atoms with Crippen LogP contribution in [0.15, 0.2) is 14.4 Å². The molecule has 0 bridgehead atoms. The van der Waals surface area contributed by atoms with Gasteiger partial charge < -0.3 is 1.43 Å². The topological polar surface area (TPSA) is 76.9 Å². The molecule has 0 radical (unpaired) electrons. The van der Waals surface area contributed by atoms with Gasteiger partial charge in [-0.1, -0.05) is 0 Å². The summed E-state index contributed by atoms with van der Waals surface area (Å²) in [6.07, 6.45) is 0. The van der Waals surface area contributed by atoms with Crippen LogP contribution in [0.25, 0.3) is 0 Å². The molecule has 9 heteroatoms. The molecule has 0 atom stereocenters. The zero-order valence-corrected chi connectivity index (χ0v) is 11.0. The molecule has 0 aliphatic carbocycles. The van der Waals surface area contributed by atoms with E-state index >= 15 is 0 Å². The second kappa shape index (κ2) is 4.56. The van der Waals surface area contributed by atoms with Crippen LogP contribution >= 0.6 is 32.3 Å². The van der Waals surface area contributed by atoms with Gasteiger partial charge in [0, 0.05) is 0 Å². The van der Waals surface area contributed by atoms with Gasteiger partial charge in [0.15, 0.2) is 0 Å². The van der Waals surface area contributed by atoms with Crippen molar-refractivity contribution in [3.8, 4) is 0 Å². The van der Waals surface area contributed by atoms with Crippen molar-refractivity contribution in [2.45, 2.75) is 0 Å². The molecule has 0 aromatic carbocycles. The monoisotopic (exact) mass is 309 g/mol. The molecule has 0 aliphatic rings. The van der Waals surface area contributed by atoms with Gasteiger partial charge >= 0.3 is 46.6 Å². The fourth-order valence-corrected chi connectivity index (χ4v) is 1.15. The summed E-state index contributed by atoms with van der Waals surface area (Å²) < 4.78 is 1.17. The Morgan fingerprint density at radius 3 is 1.75 bits per heavy atom. The van der Waals surface area contributed by atoms with Crippen LogP contribution in [0.5, 0.6) is 0 Å². The Labute approximate surface area is 106 Å². The van der Waals surface area contributed by atoms with Crippen molar-refractivity contribution in [1.29, 1.82) is 0 Å². The van der Waals surface area contributed by atoms with Gasteiger partial charge in [-0.05, 0) is 0 Å². The predicted molar refractivity (Wildman–Crippen MR) is 45.3 cm³/mol. The summed E-state index contributed by atoms with van der Waals surface area (Å²) in [4.78, 5) is 34.0. The van der Waals surface area contributed by atoms with Crippen LogP contribution in [-0.2, 0) is 0 Å². The fraction of sp³-hybridized carbons (Fsp3) is 0. The number of hydrogen-bond acceptors (Lipinski definition) is 3. The summed E-state index contributed by atoms with van der Waals surface area (Å²) in [5.74, 6) is 0. The minimum atomic E-state index is -0.810. The summed E-state index contributed by atoms with van der Waals surface area (Å²) >= 11 is 5.27. The number of halogens is 2. The van der Waals surface area contributed by atoms with Crippen LogP contribution in [0.1, 0.15) is 1.43 Å². The van der Waals surface area contributed by atoms with Gasteiger partial charge in [-0.3, -0.25) is 4.98 Å². The number of aromatic nitrogens is 3. The van der Waals surface area contributed by atoms with Crippen molar-refractivity contribution in [2.75, 3.05) is 0 Å². The van der Waals surface area contributed by atoms with Crippen LogP contribution in [0, 0.1) is 0 Å². The third kappa shape index (κ3) is 2.19. The Hall–Kier alpha value is 0.370. The first kappa shape index (κ1) is 12.4. The van der Waals surface area contributed by atoms with E-state index in [0.29, 0.717) is 7.19 Å². The second-order valence-corrected chi connectivity index (χ2v) is 3.00. The number of nitrogens with one attached hydrogen (secondary N) is 1. The van der Waals surface area contributed by atoms with E-state index in [9.17, 15) is 14.4 Å². The molecule has 0 saturated heterocycles. The maximum atomic E-state index is 10.8. The Morgan fingerprint density at radius 1 is 1.08 bits per heavy atom. The molecule has 6 nitrogen and oxygen atoms in total. The fourth-order valence-electron chi connectivity index (χ4n) is 0.440. The average Bonchev–Trinajstić information content (AvgIpc) is 1.97. The number of H-pyrrole nitrogens is 1. The van der Waals surface area contributed by atoms with Gasteiger partial charge in [-0.2, -0.15) is 7.19 Å². The average molecular weight is 311 g/mol.